The highest BCUT2D eigenvalue weighted by Gasteiger charge is 2.47. The summed E-state index contributed by atoms with van der Waals surface area (Å²) in [6, 6.07) is 13.7. The molecule has 3 rings (SSSR count). The van der Waals surface area contributed by atoms with E-state index in [1.165, 1.54) is 0 Å². The van der Waals surface area contributed by atoms with Gasteiger partial charge in [-0.2, -0.15) is 0 Å². The molecule has 3 nitrogen and oxygen atoms in total. The molecule has 1 aliphatic heterocycles. The molecule has 0 aliphatic carbocycles. The van der Waals surface area contributed by atoms with Crippen LogP contribution in [0.1, 0.15) is 5.56 Å². The Labute approximate surface area is 98.6 Å². The number of hydrogen-bond donors (Lipinski definition) is 1. The minimum Gasteiger partial charge on any atom is -0.480 e. The quantitative estimate of drug-likeness (QED) is 0.857. The third kappa shape index (κ3) is 1.43. The van der Waals surface area contributed by atoms with Crippen molar-refractivity contribution in [1.82, 2.24) is 0 Å². The average Bonchev–Trinajstić information content (AvgIpc) is 2.27. The molecular weight excluding hydrogens is 216 g/mol. The van der Waals surface area contributed by atoms with Gasteiger partial charge in [-0.25, -0.2) is 0 Å². The SMILES string of the molecule is O=C(O)C1(c2ccc3ccccc3c2)COC1. The lowest BCUT2D eigenvalue weighted by atomic mass is 9.78. The average molecular weight is 228 g/mol. The lowest BCUT2D eigenvalue weighted by Crippen LogP contribution is -2.53. The Hall–Kier alpha value is -1.87. The summed E-state index contributed by atoms with van der Waals surface area (Å²) in [6.07, 6.45) is 0. The number of carbonyl (C=O) groups is 1. The summed E-state index contributed by atoms with van der Waals surface area (Å²) in [5.74, 6) is -0.806. The summed E-state index contributed by atoms with van der Waals surface area (Å²) in [5.41, 5.74) is -0.0146. The highest BCUT2D eigenvalue weighted by Crippen LogP contribution is 2.34. The highest BCUT2D eigenvalue weighted by molar-refractivity contribution is 5.88. The van der Waals surface area contributed by atoms with Crippen LogP contribution in [-0.2, 0) is 14.9 Å². The van der Waals surface area contributed by atoms with E-state index in [-0.39, 0.29) is 13.2 Å². The number of rotatable bonds is 2. The van der Waals surface area contributed by atoms with Gasteiger partial charge in [0, 0.05) is 0 Å². The van der Waals surface area contributed by atoms with Gasteiger partial charge in [0.25, 0.3) is 0 Å². The van der Waals surface area contributed by atoms with E-state index in [0.717, 1.165) is 16.3 Å². The number of ether oxygens (including phenoxy) is 1. The topological polar surface area (TPSA) is 46.5 Å². The Balaban J connectivity index is 2.14. The fourth-order valence-corrected chi connectivity index (χ4v) is 2.21. The third-order valence-corrected chi connectivity index (χ3v) is 3.41. The molecule has 2 aromatic rings. The zero-order chi connectivity index (χ0) is 11.9. The Kier molecular flexibility index (Phi) is 2.16. The van der Waals surface area contributed by atoms with E-state index in [4.69, 9.17) is 4.74 Å². The predicted octanol–water partition coefficient (Wildman–Crippen LogP) is 2.19. The van der Waals surface area contributed by atoms with Crippen molar-refractivity contribution >= 4 is 16.7 Å². The molecule has 0 saturated carbocycles. The van der Waals surface area contributed by atoms with Gasteiger partial charge in [-0.3, -0.25) is 4.79 Å². The van der Waals surface area contributed by atoms with E-state index in [2.05, 4.69) is 0 Å². The first-order chi connectivity index (χ1) is 8.22. The van der Waals surface area contributed by atoms with E-state index in [9.17, 15) is 9.90 Å². The summed E-state index contributed by atoms with van der Waals surface area (Å²) in [7, 11) is 0. The van der Waals surface area contributed by atoms with E-state index in [0.29, 0.717) is 0 Å². The van der Waals surface area contributed by atoms with Crippen LogP contribution in [0.25, 0.3) is 10.8 Å². The Morgan fingerprint density at radius 2 is 1.82 bits per heavy atom. The molecule has 1 saturated heterocycles. The van der Waals surface area contributed by atoms with Crippen LogP contribution in [0.4, 0.5) is 0 Å². The number of carboxylic acid groups (broad SMARTS) is 1. The van der Waals surface area contributed by atoms with Gasteiger partial charge in [-0.1, -0.05) is 36.4 Å². The van der Waals surface area contributed by atoms with Gasteiger partial charge >= 0.3 is 5.97 Å². The van der Waals surface area contributed by atoms with E-state index < -0.39 is 11.4 Å². The number of carboxylic acids is 1. The van der Waals surface area contributed by atoms with E-state index >= 15 is 0 Å². The molecule has 1 heterocycles. The molecule has 17 heavy (non-hydrogen) atoms. The van der Waals surface area contributed by atoms with Crippen LogP contribution in [0.15, 0.2) is 42.5 Å². The summed E-state index contributed by atoms with van der Waals surface area (Å²) in [6.45, 7) is 0.529. The summed E-state index contributed by atoms with van der Waals surface area (Å²) < 4.78 is 5.09. The minimum absolute atomic E-state index is 0.265. The van der Waals surface area contributed by atoms with Crippen molar-refractivity contribution < 1.29 is 14.6 Å². The maximum atomic E-state index is 11.4. The summed E-state index contributed by atoms with van der Waals surface area (Å²) >= 11 is 0. The molecule has 1 fully saturated rings. The first-order valence-corrected chi connectivity index (χ1v) is 5.53. The molecule has 2 aromatic carbocycles. The first kappa shape index (κ1) is 10.3. The number of fused-ring (bicyclic) bond motifs is 1. The van der Waals surface area contributed by atoms with Gasteiger partial charge in [0.05, 0.1) is 13.2 Å². The van der Waals surface area contributed by atoms with Gasteiger partial charge < -0.3 is 9.84 Å². The lowest BCUT2D eigenvalue weighted by Gasteiger charge is -2.37. The van der Waals surface area contributed by atoms with Crippen molar-refractivity contribution in [3.8, 4) is 0 Å². The largest absolute Gasteiger partial charge is 0.480 e. The standard InChI is InChI=1S/C14H12O3/c15-13(16)14(8-17-9-14)12-6-5-10-3-1-2-4-11(10)7-12/h1-7H,8-9H2,(H,15,16). The first-order valence-electron chi connectivity index (χ1n) is 5.53. The molecule has 1 N–H and O–H groups in total. The zero-order valence-electron chi connectivity index (χ0n) is 9.22. The van der Waals surface area contributed by atoms with Gasteiger partial charge in [0.2, 0.25) is 0 Å². The molecule has 0 amide bonds. The molecule has 0 spiro atoms. The van der Waals surface area contributed by atoms with Crippen molar-refractivity contribution in [2.24, 2.45) is 0 Å². The molecule has 0 radical (unpaired) electrons. The van der Waals surface area contributed by atoms with E-state index in [1.807, 2.05) is 42.5 Å². The maximum Gasteiger partial charge on any atom is 0.318 e. The molecular formula is C14H12O3. The van der Waals surface area contributed by atoms with Crippen molar-refractivity contribution in [3.63, 3.8) is 0 Å². The van der Waals surface area contributed by atoms with Crippen molar-refractivity contribution in [2.45, 2.75) is 5.41 Å². The summed E-state index contributed by atoms with van der Waals surface area (Å²) in [4.78, 5) is 11.4. The number of aliphatic carboxylic acids is 1. The molecule has 0 unspecified atom stereocenters. The monoisotopic (exact) mass is 228 g/mol. The van der Waals surface area contributed by atoms with Crippen LogP contribution in [-0.4, -0.2) is 24.3 Å². The highest BCUT2D eigenvalue weighted by atomic mass is 16.5. The second-order valence-corrected chi connectivity index (χ2v) is 4.44. The van der Waals surface area contributed by atoms with Crippen LogP contribution >= 0.6 is 0 Å². The van der Waals surface area contributed by atoms with Crippen LogP contribution in [0.3, 0.4) is 0 Å². The van der Waals surface area contributed by atoms with Crippen LogP contribution < -0.4 is 0 Å². The Bertz CT molecular complexity index is 585. The summed E-state index contributed by atoms with van der Waals surface area (Å²) in [5, 5.41) is 11.5. The second-order valence-electron chi connectivity index (χ2n) is 4.44. The van der Waals surface area contributed by atoms with Crippen molar-refractivity contribution in [3.05, 3.63) is 48.0 Å². The molecule has 86 valence electrons. The fraction of sp³-hybridized carbons (Fsp3) is 0.214. The molecule has 0 atom stereocenters. The minimum atomic E-state index is -0.843. The smallest absolute Gasteiger partial charge is 0.318 e. The third-order valence-electron chi connectivity index (χ3n) is 3.41. The van der Waals surface area contributed by atoms with Crippen LogP contribution in [0.2, 0.25) is 0 Å². The maximum absolute atomic E-state index is 11.4. The molecule has 3 heteroatoms. The number of hydrogen-bond acceptors (Lipinski definition) is 2. The number of benzene rings is 2. The lowest BCUT2D eigenvalue weighted by molar-refractivity contribution is -0.163. The fourth-order valence-electron chi connectivity index (χ4n) is 2.21. The Morgan fingerprint density at radius 1 is 1.12 bits per heavy atom. The van der Waals surface area contributed by atoms with Crippen LogP contribution in [0.5, 0.6) is 0 Å². The normalized spacial score (nSPS) is 17.6. The van der Waals surface area contributed by atoms with Crippen molar-refractivity contribution in [1.29, 1.82) is 0 Å². The second kappa shape index (κ2) is 3.57. The van der Waals surface area contributed by atoms with Gasteiger partial charge in [-0.15, -0.1) is 0 Å². The molecule has 1 aliphatic rings. The van der Waals surface area contributed by atoms with Crippen LogP contribution in [0, 0.1) is 0 Å². The Morgan fingerprint density at radius 3 is 2.41 bits per heavy atom. The van der Waals surface area contributed by atoms with Gasteiger partial charge in [0.1, 0.15) is 5.41 Å². The molecule has 0 bridgehead atoms. The van der Waals surface area contributed by atoms with E-state index in [1.54, 1.807) is 0 Å². The van der Waals surface area contributed by atoms with Gasteiger partial charge in [-0.05, 0) is 22.4 Å². The molecule has 0 aromatic heterocycles. The predicted molar refractivity (Wildman–Crippen MR) is 64.1 cm³/mol. The zero-order valence-corrected chi connectivity index (χ0v) is 9.22. The van der Waals surface area contributed by atoms with Crippen molar-refractivity contribution in [2.75, 3.05) is 13.2 Å². The van der Waals surface area contributed by atoms with Gasteiger partial charge in [0.15, 0.2) is 0 Å².